The van der Waals surface area contributed by atoms with Crippen molar-refractivity contribution >= 4 is 27.7 Å². The fourth-order valence-electron chi connectivity index (χ4n) is 2.03. The number of ether oxygens (including phenoxy) is 1. The van der Waals surface area contributed by atoms with E-state index < -0.39 is 0 Å². The zero-order chi connectivity index (χ0) is 15.1. The summed E-state index contributed by atoms with van der Waals surface area (Å²) >= 11 is 5.36. The number of hydrogen-bond acceptors (Lipinski definition) is 3. The van der Waals surface area contributed by atoms with Crippen LogP contribution in [0, 0.1) is 0 Å². The number of rotatable bonds is 7. The van der Waals surface area contributed by atoms with Gasteiger partial charge in [-0.15, -0.1) is 11.8 Å². The van der Waals surface area contributed by atoms with E-state index in [0.717, 1.165) is 22.5 Å². The third-order valence-electron chi connectivity index (χ3n) is 3.21. The molecule has 1 atom stereocenters. The first-order chi connectivity index (χ1) is 10.2. The third kappa shape index (κ3) is 5.38. The number of methoxy groups -OCH3 is 1. The number of nitrogens with one attached hydrogen (secondary N) is 1. The lowest BCUT2D eigenvalue weighted by molar-refractivity contribution is 0.413. The van der Waals surface area contributed by atoms with Crippen molar-refractivity contribution in [3.63, 3.8) is 0 Å². The van der Waals surface area contributed by atoms with Crippen LogP contribution in [0.15, 0.2) is 57.9 Å². The zero-order valence-electron chi connectivity index (χ0n) is 12.3. The van der Waals surface area contributed by atoms with Crippen molar-refractivity contribution in [1.82, 2.24) is 5.32 Å². The molecule has 1 N–H and O–H groups in total. The van der Waals surface area contributed by atoms with Gasteiger partial charge in [0.1, 0.15) is 5.75 Å². The SMILES string of the molecule is COc1cccc([C@@H](C)NCCSc2cccc(Br)c2)c1. The Morgan fingerprint density at radius 1 is 1.19 bits per heavy atom. The minimum Gasteiger partial charge on any atom is -0.497 e. The molecule has 0 fully saturated rings. The van der Waals surface area contributed by atoms with Gasteiger partial charge in [-0.1, -0.05) is 34.1 Å². The van der Waals surface area contributed by atoms with Gasteiger partial charge in [0, 0.05) is 27.7 Å². The van der Waals surface area contributed by atoms with Crippen LogP contribution in [0.4, 0.5) is 0 Å². The van der Waals surface area contributed by atoms with Crippen LogP contribution in [-0.4, -0.2) is 19.4 Å². The lowest BCUT2D eigenvalue weighted by atomic mass is 10.1. The molecule has 0 saturated heterocycles. The van der Waals surface area contributed by atoms with E-state index in [-0.39, 0.29) is 0 Å². The van der Waals surface area contributed by atoms with E-state index in [1.54, 1.807) is 7.11 Å². The number of hydrogen-bond donors (Lipinski definition) is 1. The van der Waals surface area contributed by atoms with E-state index in [1.165, 1.54) is 10.5 Å². The highest BCUT2D eigenvalue weighted by Gasteiger charge is 2.05. The molecule has 0 bridgehead atoms. The molecule has 0 aromatic heterocycles. The van der Waals surface area contributed by atoms with E-state index in [2.05, 4.69) is 58.5 Å². The highest BCUT2D eigenvalue weighted by molar-refractivity contribution is 9.10. The summed E-state index contributed by atoms with van der Waals surface area (Å²) in [7, 11) is 1.70. The first kappa shape index (κ1) is 16.4. The normalized spacial score (nSPS) is 12.1. The van der Waals surface area contributed by atoms with Gasteiger partial charge >= 0.3 is 0 Å². The van der Waals surface area contributed by atoms with Gasteiger partial charge in [0.15, 0.2) is 0 Å². The zero-order valence-corrected chi connectivity index (χ0v) is 14.7. The summed E-state index contributed by atoms with van der Waals surface area (Å²) < 4.78 is 6.39. The Kier molecular flexibility index (Phi) is 6.61. The molecule has 21 heavy (non-hydrogen) atoms. The summed E-state index contributed by atoms with van der Waals surface area (Å²) in [6.07, 6.45) is 0. The minimum absolute atomic E-state index is 0.322. The monoisotopic (exact) mass is 365 g/mol. The van der Waals surface area contributed by atoms with Gasteiger partial charge in [-0.2, -0.15) is 0 Å². The van der Waals surface area contributed by atoms with Gasteiger partial charge in [-0.3, -0.25) is 0 Å². The first-order valence-corrected chi connectivity index (χ1v) is 8.72. The highest BCUT2D eigenvalue weighted by atomic mass is 79.9. The molecule has 2 rings (SSSR count). The van der Waals surface area contributed by atoms with Gasteiger partial charge in [0.2, 0.25) is 0 Å². The summed E-state index contributed by atoms with van der Waals surface area (Å²) in [6, 6.07) is 16.9. The first-order valence-electron chi connectivity index (χ1n) is 6.95. The molecular weight excluding hydrogens is 346 g/mol. The lowest BCUT2D eigenvalue weighted by Gasteiger charge is -2.15. The molecule has 0 unspecified atom stereocenters. The average molecular weight is 366 g/mol. The smallest absolute Gasteiger partial charge is 0.119 e. The van der Waals surface area contributed by atoms with Crippen LogP contribution >= 0.6 is 27.7 Å². The lowest BCUT2D eigenvalue weighted by Crippen LogP contribution is -2.21. The molecule has 4 heteroatoms. The summed E-state index contributed by atoms with van der Waals surface area (Å²) in [5.74, 6) is 1.95. The Morgan fingerprint density at radius 2 is 2.00 bits per heavy atom. The molecule has 0 amide bonds. The summed E-state index contributed by atoms with van der Waals surface area (Å²) in [6.45, 7) is 3.15. The van der Waals surface area contributed by atoms with Gasteiger partial charge < -0.3 is 10.1 Å². The van der Waals surface area contributed by atoms with Crippen LogP contribution < -0.4 is 10.1 Å². The molecule has 2 nitrogen and oxygen atoms in total. The highest BCUT2D eigenvalue weighted by Crippen LogP contribution is 2.22. The summed E-state index contributed by atoms with van der Waals surface area (Å²) in [5, 5.41) is 3.55. The third-order valence-corrected chi connectivity index (χ3v) is 4.70. The predicted molar refractivity (Wildman–Crippen MR) is 94.3 cm³/mol. The van der Waals surface area contributed by atoms with E-state index in [9.17, 15) is 0 Å². The number of halogens is 1. The standard InChI is InChI=1S/C17H20BrNOS/c1-13(14-5-3-7-16(11-14)20-2)19-9-10-21-17-8-4-6-15(18)12-17/h3-8,11-13,19H,9-10H2,1-2H3/t13-/m1/s1. The van der Waals surface area contributed by atoms with Gasteiger partial charge in [-0.25, -0.2) is 0 Å². The fourth-order valence-corrected chi connectivity index (χ4v) is 3.42. The van der Waals surface area contributed by atoms with E-state index in [0.29, 0.717) is 6.04 Å². The maximum absolute atomic E-state index is 5.26. The van der Waals surface area contributed by atoms with Crippen LogP contribution in [-0.2, 0) is 0 Å². The Balaban J connectivity index is 1.77. The maximum atomic E-state index is 5.26. The molecule has 0 aliphatic carbocycles. The second-order valence-corrected chi connectivity index (χ2v) is 6.84. The van der Waals surface area contributed by atoms with Crippen molar-refractivity contribution in [2.24, 2.45) is 0 Å². The average Bonchev–Trinajstić information content (AvgIpc) is 2.51. The van der Waals surface area contributed by atoms with Crippen molar-refractivity contribution in [3.05, 3.63) is 58.6 Å². The molecule has 0 aliphatic heterocycles. The molecule has 0 saturated carbocycles. The molecule has 0 radical (unpaired) electrons. The van der Waals surface area contributed by atoms with Crippen molar-refractivity contribution in [3.8, 4) is 5.75 Å². The molecule has 112 valence electrons. The van der Waals surface area contributed by atoms with Gasteiger partial charge in [0.05, 0.1) is 7.11 Å². The van der Waals surface area contributed by atoms with Crippen LogP contribution in [0.25, 0.3) is 0 Å². The van der Waals surface area contributed by atoms with Gasteiger partial charge in [0.25, 0.3) is 0 Å². The topological polar surface area (TPSA) is 21.3 Å². The molecule has 0 aliphatic rings. The predicted octanol–water partition coefficient (Wildman–Crippen LogP) is 4.90. The quantitative estimate of drug-likeness (QED) is 0.556. The van der Waals surface area contributed by atoms with E-state index in [1.807, 2.05) is 30.0 Å². The summed E-state index contributed by atoms with van der Waals surface area (Å²) in [5.41, 5.74) is 1.25. The maximum Gasteiger partial charge on any atom is 0.119 e. The van der Waals surface area contributed by atoms with E-state index >= 15 is 0 Å². The van der Waals surface area contributed by atoms with Crippen LogP contribution in [0.2, 0.25) is 0 Å². The van der Waals surface area contributed by atoms with Gasteiger partial charge in [-0.05, 0) is 42.8 Å². The molecule has 2 aromatic carbocycles. The Hall–Kier alpha value is -0.970. The molecular formula is C17H20BrNOS. The molecule has 0 heterocycles. The van der Waals surface area contributed by atoms with Crippen molar-refractivity contribution < 1.29 is 4.74 Å². The second kappa shape index (κ2) is 8.47. The van der Waals surface area contributed by atoms with Crippen molar-refractivity contribution in [2.45, 2.75) is 17.9 Å². The molecule has 0 spiro atoms. The number of benzene rings is 2. The van der Waals surface area contributed by atoms with Crippen LogP contribution in [0.3, 0.4) is 0 Å². The largest absolute Gasteiger partial charge is 0.497 e. The second-order valence-electron chi connectivity index (χ2n) is 4.76. The van der Waals surface area contributed by atoms with Crippen molar-refractivity contribution in [2.75, 3.05) is 19.4 Å². The number of thioether (sulfide) groups is 1. The summed E-state index contributed by atoms with van der Waals surface area (Å²) in [4.78, 5) is 1.29. The fraction of sp³-hybridized carbons (Fsp3) is 0.294. The Labute approximate surface area is 139 Å². The van der Waals surface area contributed by atoms with Crippen LogP contribution in [0.1, 0.15) is 18.5 Å². The minimum atomic E-state index is 0.322. The van der Waals surface area contributed by atoms with Crippen molar-refractivity contribution in [1.29, 1.82) is 0 Å². The Morgan fingerprint density at radius 3 is 2.76 bits per heavy atom. The van der Waals surface area contributed by atoms with Crippen LogP contribution in [0.5, 0.6) is 5.75 Å². The van der Waals surface area contributed by atoms with E-state index in [4.69, 9.17) is 4.74 Å². The molecule has 2 aromatic rings. The Bertz CT molecular complexity index is 576.